The Labute approximate surface area is 116 Å². The average Bonchev–Trinajstić information content (AvgIpc) is 2.96. The molecule has 0 saturated carbocycles. The number of aryl methyl sites for hydroxylation is 1. The summed E-state index contributed by atoms with van der Waals surface area (Å²) >= 11 is 0. The zero-order chi connectivity index (χ0) is 13.7. The molecule has 4 heteroatoms. The van der Waals surface area contributed by atoms with Gasteiger partial charge in [0, 0.05) is 18.5 Å². The minimum Gasteiger partial charge on any atom is -0.465 e. The molecule has 1 aromatic rings. The van der Waals surface area contributed by atoms with Crippen molar-refractivity contribution in [2.75, 3.05) is 33.4 Å². The normalized spacial score (nSPS) is 23.4. The van der Waals surface area contributed by atoms with Crippen molar-refractivity contribution >= 4 is 0 Å². The molecule has 4 nitrogen and oxygen atoms in total. The molecule has 1 N–H and O–H groups in total. The molecule has 19 heavy (non-hydrogen) atoms. The second kappa shape index (κ2) is 7.08. The highest BCUT2D eigenvalue weighted by atomic mass is 16.5. The van der Waals surface area contributed by atoms with Crippen LogP contribution in [0.25, 0.3) is 0 Å². The van der Waals surface area contributed by atoms with E-state index in [-0.39, 0.29) is 0 Å². The van der Waals surface area contributed by atoms with Gasteiger partial charge in [-0.3, -0.25) is 4.90 Å². The van der Waals surface area contributed by atoms with Gasteiger partial charge >= 0.3 is 0 Å². The zero-order valence-corrected chi connectivity index (χ0v) is 12.3. The zero-order valence-electron chi connectivity index (χ0n) is 12.3. The van der Waals surface area contributed by atoms with Crippen LogP contribution in [0.3, 0.4) is 0 Å². The summed E-state index contributed by atoms with van der Waals surface area (Å²) in [4.78, 5) is 2.32. The third-order valence-corrected chi connectivity index (χ3v) is 3.62. The number of hydrogen-bond acceptors (Lipinski definition) is 4. The van der Waals surface area contributed by atoms with E-state index in [9.17, 15) is 0 Å². The fourth-order valence-corrected chi connectivity index (χ4v) is 2.63. The Balaban J connectivity index is 1.79. The second-order valence-electron chi connectivity index (χ2n) is 5.57. The van der Waals surface area contributed by atoms with Crippen LogP contribution in [-0.2, 0) is 11.3 Å². The molecule has 2 heterocycles. The molecule has 2 unspecified atom stereocenters. The lowest BCUT2D eigenvalue weighted by Crippen LogP contribution is -2.40. The van der Waals surface area contributed by atoms with Gasteiger partial charge in [0.15, 0.2) is 0 Å². The van der Waals surface area contributed by atoms with Gasteiger partial charge in [0.2, 0.25) is 0 Å². The van der Waals surface area contributed by atoms with Crippen molar-refractivity contribution in [1.29, 1.82) is 0 Å². The van der Waals surface area contributed by atoms with Crippen LogP contribution in [0.15, 0.2) is 16.5 Å². The van der Waals surface area contributed by atoms with Crippen molar-refractivity contribution in [1.82, 2.24) is 10.2 Å². The maximum atomic E-state index is 5.62. The van der Waals surface area contributed by atoms with Crippen molar-refractivity contribution in [3.8, 4) is 0 Å². The van der Waals surface area contributed by atoms with E-state index in [1.807, 2.05) is 13.0 Å². The van der Waals surface area contributed by atoms with Gasteiger partial charge in [-0.15, -0.1) is 0 Å². The minimum absolute atomic E-state index is 0.501. The monoisotopic (exact) mass is 266 g/mol. The van der Waals surface area contributed by atoms with Crippen molar-refractivity contribution in [3.63, 3.8) is 0 Å². The third kappa shape index (κ3) is 4.34. The van der Waals surface area contributed by atoms with Gasteiger partial charge in [0.05, 0.1) is 19.8 Å². The molecule has 0 radical (unpaired) electrons. The average molecular weight is 266 g/mol. The lowest BCUT2D eigenvalue weighted by Gasteiger charge is -2.24. The molecular weight excluding hydrogens is 240 g/mol. The summed E-state index contributed by atoms with van der Waals surface area (Å²) in [5.74, 6) is 2.60. The topological polar surface area (TPSA) is 37.6 Å². The van der Waals surface area contributed by atoms with Gasteiger partial charge in [-0.05, 0) is 39.1 Å². The standard InChI is InChI=1S/C15H26N2O2/c1-4-7-16-15-11-18-10-13(15)8-17(3)9-14-6-5-12(2)19-14/h5-6,13,15-16H,4,7-11H2,1-3H3. The first-order chi connectivity index (χ1) is 9.19. The Bertz CT molecular complexity index is 378. The molecule has 0 aromatic carbocycles. The molecule has 2 atom stereocenters. The smallest absolute Gasteiger partial charge is 0.118 e. The van der Waals surface area contributed by atoms with Crippen LogP contribution < -0.4 is 5.32 Å². The lowest BCUT2D eigenvalue weighted by molar-refractivity contribution is 0.170. The van der Waals surface area contributed by atoms with Crippen LogP contribution >= 0.6 is 0 Å². The quantitative estimate of drug-likeness (QED) is 0.819. The van der Waals surface area contributed by atoms with Crippen LogP contribution in [0.5, 0.6) is 0 Å². The van der Waals surface area contributed by atoms with Crippen molar-refractivity contribution < 1.29 is 9.15 Å². The van der Waals surface area contributed by atoms with E-state index in [4.69, 9.17) is 9.15 Å². The van der Waals surface area contributed by atoms with Crippen LogP contribution in [-0.4, -0.2) is 44.3 Å². The lowest BCUT2D eigenvalue weighted by atomic mass is 10.0. The number of rotatable bonds is 7. The number of nitrogens with zero attached hydrogens (tertiary/aromatic N) is 1. The minimum atomic E-state index is 0.501. The van der Waals surface area contributed by atoms with Gasteiger partial charge in [0.25, 0.3) is 0 Å². The molecule has 0 amide bonds. The number of hydrogen-bond donors (Lipinski definition) is 1. The van der Waals surface area contributed by atoms with E-state index >= 15 is 0 Å². The maximum absolute atomic E-state index is 5.62. The highest BCUT2D eigenvalue weighted by Gasteiger charge is 2.28. The number of ether oxygens (including phenoxy) is 1. The largest absolute Gasteiger partial charge is 0.465 e. The summed E-state index contributed by atoms with van der Waals surface area (Å²) in [5.41, 5.74) is 0. The van der Waals surface area contributed by atoms with Crippen molar-refractivity contribution in [2.24, 2.45) is 5.92 Å². The molecule has 1 fully saturated rings. The van der Waals surface area contributed by atoms with Crippen molar-refractivity contribution in [3.05, 3.63) is 23.7 Å². The summed E-state index contributed by atoms with van der Waals surface area (Å²) in [5, 5.41) is 3.58. The summed E-state index contributed by atoms with van der Waals surface area (Å²) in [7, 11) is 2.15. The van der Waals surface area contributed by atoms with E-state index in [0.717, 1.165) is 44.4 Å². The van der Waals surface area contributed by atoms with Crippen molar-refractivity contribution in [2.45, 2.75) is 32.9 Å². The first kappa shape index (κ1) is 14.6. The third-order valence-electron chi connectivity index (χ3n) is 3.62. The molecule has 1 aliphatic rings. The molecule has 1 saturated heterocycles. The maximum Gasteiger partial charge on any atom is 0.118 e. The first-order valence-corrected chi connectivity index (χ1v) is 7.24. The Morgan fingerprint density at radius 1 is 1.37 bits per heavy atom. The highest BCUT2D eigenvalue weighted by Crippen LogP contribution is 2.16. The second-order valence-corrected chi connectivity index (χ2v) is 5.57. The molecule has 2 rings (SSSR count). The Hall–Kier alpha value is -0.840. The molecular formula is C15H26N2O2. The molecule has 0 spiro atoms. The molecule has 0 bridgehead atoms. The van der Waals surface area contributed by atoms with Crippen LogP contribution in [0.4, 0.5) is 0 Å². The Morgan fingerprint density at radius 3 is 2.89 bits per heavy atom. The molecule has 1 aliphatic heterocycles. The summed E-state index contributed by atoms with van der Waals surface area (Å²) in [6.45, 7) is 8.88. The highest BCUT2D eigenvalue weighted by molar-refractivity contribution is 5.05. The van der Waals surface area contributed by atoms with Crippen LogP contribution in [0.1, 0.15) is 24.9 Å². The van der Waals surface area contributed by atoms with E-state index < -0.39 is 0 Å². The van der Waals surface area contributed by atoms with Gasteiger partial charge in [-0.1, -0.05) is 6.92 Å². The van der Waals surface area contributed by atoms with Gasteiger partial charge in [-0.25, -0.2) is 0 Å². The number of nitrogens with one attached hydrogen (secondary N) is 1. The van der Waals surface area contributed by atoms with E-state index in [0.29, 0.717) is 12.0 Å². The number of furan rings is 1. The van der Waals surface area contributed by atoms with Gasteiger partial charge in [-0.2, -0.15) is 0 Å². The molecule has 0 aliphatic carbocycles. The van der Waals surface area contributed by atoms with E-state index in [1.165, 1.54) is 6.42 Å². The van der Waals surface area contributed by atoms with E-state index in [2.05, 4.69) is 30.3 Å². The fourth-order valence-electron chi connectivity index (χ4n) is 2.63. The summed E-state index contributed by atoms with van der Waals surface area (Å²) in [6, 6.07) is 4.58. The Morgan fingerprint density at radius 2 is 2.21 bits per heavy atom. The summed E-state index contributed by atoms with van der Waals surface area (Å²) in [6.07, 6.45) is 1.17. The fraction of sp³-hybridized carbons (Fsp3) is 0.733. The van der Waals surface area contributed by atoms with E-state index in [1.54, 1.807) is 0 Å². The predicted octanol–water partition coefficient (Wildman–Crippen LogP) is 2.03. The molecule has 1 aromatic heterocycles. The SMILES string of the molecule is CCCNC1COCC1CN(C)Cc1ccc(C)o1. The van der Waals surface area contributed by atoms with Gasteiger partial charge < -0.3 is 14.5 Å². The Kier molecular flexibility index (Phi) is 5.43. The first-order valence-electron chi connectivity index (χ1n) is 7.24. The summed E-state index contributed by atoms with van der Waals surface area (Å²) < 4.78 is 11.2. The molecule has 108 valence electrons. The van der Waals surface area contributed by atoms with Crippen LogP contribution in [0, 0.1) is 12.8 Å². The predicted molar refractivity (Wildman–Crippen MR) is 76.2 cm³/mol. The van der Waals surface area contributed by atoms with Gasteiger partial charge in [0.1, 0.15) is 11.5 Å². The van der Waals surface area contributed by atoms with Crippen LogP contribution in [0.2, 0.25) is 0 Å².